The minimum Gasteiger partial charge on any atom is -0.360 e. The van der Waals surface area contributed by atoms with Gasteiger partial charge in [-0.2, -0.15) is 0 Å². The molecule has 0 fully saturated rings. The number of aryl methyl sites for hydroxylation is 1. The fourth-order valence-electron chi connectivity index (χ4n) is 2.61. The van der Waals surface area contributed by atoms with Gasteiger partial charge in [-0.3, -0.25) is 0 Å². The fourth-order valence-corrected chi connectivity index (χ4v) is 2.61. The minimum absolute atomic E-state index is 0.691. The van der Waals surface area contributed by atoms with Crippen molar-refractivity contribution in [2.24, 2.45) is 5.73 Å². The molecule has 0 atom stereocenters. The zero-order valence-electron chi connectivity index (χ0n) is 11.1. The Balaban J connectivity index is 2.14. The van der Waals surface area contributed by atoms with E-state index in [0.717, 1.165) is 6.42 Å². The molecule has 2 aromatic carbocycles. The van der Waals surface area contributed by atoms with Crippen molar-refractivity contribution in [3.8, 4) is 11.1 Å². The number of H-pyrrole nitrogens is 1. The van der Waals surface area contributed by atoms with E-state index in [2.05, 4.69) is 60.6 Å². The number of fused-ring (bicyclic) bond motifs is 1. The van der Waals surface area contributed by atoms with Gasteiger partial charge in [-0.05, 0) is 36.6 Å². The molecule has 1 heterocycles. The van der Waals surface area contributed by atoms with Gasteiger partial charge in [0.2, 0.25) is 0 Å². The molecule has 0 spiro atoms. The zero-order valence-corrected chi connectivity index (χ0v) is 11.1. The third-order valence-electron chi connectivity index (χ3n) is 3.59. The average molecular weight is 250 g/mol. The molecular formula is C17H18N2. The topological polar surface area (TPSA) is 41.8 Å². The van der Waals surface area contributed by atoms with Gasteiger partial charge in [0, 0.05) is 22.7 Å². The monoisotopic (exact) mass is 250 g/mol. The third kappa shape index (κ3) is 2.15. The Labute approximate surface area is 113 Å². The van der Waals surface area contributed by atoms with Crippen molar-refractivity contribution in [3.05, 3.63) is 59.8 Å². The maximum atomic E-state index is 5.63. The summed E-state index contributed by atoms with van der Waals surface area (Å²) in [5, 5.41) is 1.28. The lowest BCUT2D eigenvalue weighted by molar-refractivity contribution is 0.969. The van der Waals surface area contributed by atoms with Crippen LogP contribution in [-0.4, -0.2) is 11.5 Å². The molecule has 0 aliphatic heterocycles. The summed E-state index contributed by atoms with van der Waals surface area (Å²) in [7, 11) is 0. The lowest BCUT2D eigenvalue weighted by Gasteiger charge is -2.04. The van der Waals surface area contributed by atoms with Gasteiger partial charge in [0.05, 0.1) is 0 Å². The van der Waals surface area contributed by atoms with Gasteiger partial charge in [0.25, 0.3) is 0 Å². The van der Waals surface area contributed by atoms with E-state index >= 15 is 0 Å². The van der Waals surface area contributed by atoms with Crippen LogP contribution in [0.1, 0.15) is 11.1 Å². The average Bonchev–Trinajstić information content (AvgIpc) is 2.85. The van der Waals surface area contributed by atoms with Crippen LogP contribution < -0.4 is 5.73 Å². The fraction of sp³-hybridized carbons (Fsp3) is 0.176. The van der Waals surface area contributed by atoms with Crippen molar-refractivity contribution in [1.82, 2.24) is 4.98 Å². The Kier molecular flexibility index (Phi) is 3.10. The molecule has 96 valence electrons. The molecule has 2 nitrogen and oxygen atoms in total. The van der Waals surface area contributed by atoms with E-state index in [1.54, 1.807) is 0 Å². The first kappa shape index (κ1) is 12.0. The summed E-state index contributed by atoms with van der Waals surface area (Å²) >= 11 is 0. The summed E-state index contributed by atoms with van der Waals surface area (Å²) in [5.74, 6) is 0. The van der Waals surface area contributed by atoms with Gasteiger partial charge in [0.1, 0.15) is 0 Å². The summed E-state index contributed by atoms with van der Waals surface area (Å²) in [6.45, 7) is 2.82. The van der Waals surface area contributed by atoms with Crippen molar-refractivity contribution in [2.75, 3.05) is 6.54 Å². The van der Waals surface area contributed by atoms with Crippen LogP contribution in [0.2, 0.25) is 0 Å². The Bertz CT molecular complexity index is 710. The third-order valence-corrected chi connectivity index (χ3v) is 3.59. The first-order valence-corrected chi connectivity index (χ1v) is 6.65. The van der Waals surface area contributed by atoms with E-state index < -0.39 is 0 Å². The summed E-state index contributed by atoms with van der Waals surface area (Å²) in [6.07, 6.45) is 3.02. The molecule has 19 heavy (non-hydrogen) atoms. The maximum Gasteiger partial charge on any atom is 0.0490 e. The SMILES string of the molecule is Cc1cccc2c(-c3cccc(CCN)c3)c[nH]c12. The molecule has 0 bridgehead atoms. The minimum atomic E-state index is 0.691. The van der Waals surface area contributed by atoms with Crippen molar-refractivity contribution in [3.63, 3.8) is 0 Å². The first-order valence-electron chi connectivity index (χ1n) is 6.65. The second kappa shape index (κ2) is 4.90. The largest absolute Gasteiger partial charge is 0.360 e. The van der Waals surface area contributed by atoms with Crippen LogP contribution in [0.5, 0.6) is 0 Å². The van der Waals surface area contributed by atoms with Crippen LogP contribution in [0.3, 0.4) is 0 Å². The molecule has 3 aromatic rings. The summed E-state index contributed by atoms with van der Waals surface area (Å²) < 4.78 is 0. The normalized spacial score (nSPS) is 11.1. The molecular weight excluding hydrogens is 232 g/mol. The number of nitrogens with two attached hydrogens (primary N) is 1. The molecule has 2 heteroatoms. The maximum absolute atomic E-state index is 5.63. The summed E-state index contributed by atoms with van der Waals surface area (Å²) in [5.41, 5.74) is 11.9. The summed E-state index contributed by atoms with van der Waals surface area (Å²) in [6, 6.07) is 15.0. The van der Waals surface area contributed by atoms with E-state index in [9.17, 15) is 0 Å². The number of para-hydroxylation sites is 1. The highest BCUT2D eigenvalue weighted by molar-refractivity contribution is 5.97. The van der Waals surface area contributed by atoms with Gasteiger partial charge in [-0.1, -0.05) is 42.5 Å². The number of aromatic amines is 1. The highest BCUT2D eigenvalue weighted by atomic mass is 14.7. The standard InChI is InChI=1S/C17H18N2/c1-12-4-2-7-15-16(11-19-17(12)15)14-6-3-5-13(10-14)8-9-18/h2-7,10-11,19H,8-9,18H2,1H3. The van der Waals surface area contributed by atoms with E-state index in [1.165, 1.54) is 33.2 Å². The van der Waals surface area contributed by atoms with Crippen LogP contribution >= 0.6 is 0 Å². The molecule has 0 saturated carbocycles. The molecule has 3 rings (SSSR count). The van der Waals surface area contributed by atoms with Gasteiger partial charge < -0.3 is 10.7 Å². The van der Waals surface area contributed by atoms with Crippen molar-refractivity contribution >= 4 is 10.9 Å². The van der Waals surface area contributed by atoms with Crippen LogP contribution in [0.15, 0.2) is 48.7 Å². The van der Waals surface area contributed by atoms with Crippen molar-refractivity contribution < 1.29 is 0 Å². The first-order chi connectivity index (χ1) is 9.29. The van der Waals surface area contributed by atoms with E-state index in [1.807, 2.05) is 0 Å². The summed E-state index contributed by atoms with van der Waals surface area (Å²) in [4.78, 5) is 3.38. The zero-order chi connectivity index (χ0) is 13.2. The number of hydrogen-bond donors (Lipinski definition) is 2. The molecule has 0 aliphatic carbocycles. The van der Waals surface area contributed by atoms with E-state index in [-0.39, 0.29) is 0 Å². The second-order valence-corrected chi connectivity index (χ2v) is 4.94. The van der Waals surface area contributed by atoms with Crippen molar-refractivity contribution in [1.29, 1.82) is 0 Å². The van der Waals surface area contributed by atoms with Gasteiger partial charge in [-0.15, -0.1) is 0 Å². The molecule has 0 amide bonds. The molecule has 3 N–H and O–H groups in total. The molecule has 0 aliphatic rings. The van der Waals surface area contributed by atoms with Gasteiger partial charge >= 0.3 is 0 Å². The molecule has 1 aromatic heterocycles. The Morgan fingerprint density at radius 1 is 1.11 bits per heavy atom. The number of hydrogen-bond acceptors (Lipinski definition) is 1. The van der Waals surface area contributed by atoms with Crippen molar-refractivity contribution in [2.45, 2.75) is 13.3 Å². The van der Waals surface area contributed by atoms with Crippen LogP contribution in [-0.2, 0) is 6.42 Å². The molecule has 0 radical (unpaired) electrons. The van der Waals surface area contributed by atoms with Gasteiger partial charge in [-0.25, -0.2) is 0 Å². The number of nitrogens with one attached hydrogen (secondary N) is 1. The Hall–Kier alpha value is -2.06. The van der Waals surface area contributed by atoms with E-state index in [0.29, 0.717) is 6.54 Å². The van der Waals surface area contributed by atoms with Crippen LogP contribution in [0, 0.1) is 6.92 Å². The molecule has 0 unspecified atom stereocenters. The quantitative estimate of drug-likeness (QED) is 0.732. The lowest BCUT2D eigenvalue weighted by Crippen LogP contribution is -2.02. The predicted molar refractivity (Wildman–Crippen MR) is 81.2 cm³/mol. The number of benzene rings is 2. The van der Waals surface area contributed by atoms with Gasteiger partial charge in [0.15, 0.2) is 0 Å². The number of rotatable bonds is 3. The molecule has 0 saturated heterocycles. The smallest absolute Gasteiger partial charge is 0.0490 e. The Morgan fingerprint density at radius 2 is 1.95 bits per heavy atom. The van der Waals surface area contributed by atoms with Crippen LogP contribution in [0.4, 0.5) is 0 Å². The van der Waals surface area contributed by atoms with Crippen LogP contribution in [0.25, 0.3) is 22.0 Å². The highest BCUT2D eigenvalue weighted by Crippen LogP contribution is 2.30. The second-order valence-electron chi connectivity index (χ2n) is 4.94. The Morgan fingerprint density at radius 3 is 2.79 bits per heavy atom. The highest BCUT2D eigenvalue weighted by Gasteiger charge is 2.07. The lowest BCUT2D eigenvalue weighted by atomic mass is 10.0. The number of aromatic nitrogens is 1. The van der Waals surface area contributed by atoms with E-state index in [4.69, 9.17) is 5.73 Å². The predicted octanol–water partition coefficient (Wildman–Crippen LogP) is 3.64.